The lowest BCUT2D eigenvalue weighted by atomic mass is 10.0. The first-order chi connectivity index (χ1) is 17.0. The summed E-state index contributed by atoms with van der Waals surface area (Å²) in [5.41, 5.74) is 5.88. The van der Waals surface area contributed by atoms with Crippen molar-refractivity contribution in [2.75, 3.05) is 19.5 Å². The molecule has 0 bridgehead atoms. The van der Waals surface area contributed by atoms with Gasteiger partial charge in [0.05, 0.1) is 10.9 Å². The van der Waals surface area contributed by atoms with Crippen LogP contribution >= 0.6 is 11.3 Å². The number of nitrogens with one attached hydrogen (secondary N) is 1. The Morgan fingerprint density at radius 1 is 1.25 bits per heavy atom. The summed E-state index contributed by atoms with van der Waals surface area (Å²) in [5, 5.41) is 2.93. The first-order valence-corrected chi connectivity index (χ1v) is 11.9. The Hall–Kier alpha value is -3.08. The van der Waals surface area contributed by atoms with Crippen molar-refractivity contribution in [1.29, 1.82) is 0 Å². The fraction of sp³-hybridized carbons (Fsp3) is 0.600. The maximum Gasteiger partial charge on any atom is 0.361 e. The predicted octanol–water partition coefficient (Wildman–Crippen LogP) is -0.734. The lowest BCUT2D eigenvalue weighted by Crippen LogP contribution is -2.48. The number of carbonyl (C=O) groups excluding carboxylic acids is 3. The number of hydrogen-bond donors (Lipinski definition) is 2. The van der Waals surface area contributed by atoms with Gasteiger partial charge >= 0.3 is 30.4 Å². The molecule has 0 radical (unpaired) electrons. The van der Waals surface area contributed by atoms with Crippen molar-refractivity contribution in [3.05, 3.63) is 15.9 Å². The molecule has 3 rings (SSSR count). The standard InChI is InChI=1S/C20H28BN5O9S/c1-8(2)13(25-21-31-5)18(29)35-15-14(33-10(4)28)11(7-32-9(3)27)34-17(15)26-16-12(36-20(26)30)6-23-19(22)24-16/h6,8,11,13-15,17,21,25H,7H2,1-5H3,(H2,22,23,24)/t11-,13+,14+,15-,17-/m1/s1. The van der Waals surface area contributed by atoms with Crippen LogP contribution in [0.3, 0.4) is 0 Å². The van der Waals surface area contributed by atoms with E-state index in [2.05, 4.69) is 15.2 Å². The van der Waals surface area contributed by atoms with Crippen molar-refractivity contribution < 1.29 is 38.0 Å². The van der Waals surface area contributed by atoms with Crippen molar-refractivity contribution in [3.8, 4) is 0 Å². The van der Waals surface area contributed by atoms with Crippen LogP contribution in [0.2, 0.25) is 0 Å². The molecule has 0 saturated carbocycles. The molecule has 0 spiro atoms. The average Bonchev–Trinajstić information content (AvgIpc) is 3.27. The van der Waals surface area contributed by atoms with Crippen LogP contribution in [0.15, 0.2) is 11.0 Å². The molecule has 3 N–H and O–H groups in total. The Balaban J connectivity index is 2.06. The number of thiazole rings is 1. The highest BCUT2D eigenvalue weighted by Gasteiger charge is 2.52. The second-order valence-corrected chi connectivity index (χ2v) is 9.35. The predicted molar refractivity (Wildman–Crippen MR) is 128 cm³/mol. The molecule has 1 aliphatic heterocycles. The molecular weight excluding hydrogens is 497 g/mol. The van der Waals surface area contributed by atoms with Gasteiger partial charge in [0.2, 0.25) is 5.95 Å². The van der Waals surface area contributed by atoms with Gasteiger partial charge in [0, 0.05) is 21.0 Å². The molecule has 2 aromatic rings. The quantitative estimate of drug-likeness (QED) is 0.225. The van der Waals surface area contributed by atoms with E-state index in [-0.39, 0.29) is 31.7 Å². The second-order valence-electron chi connectivity index (χ2n) is 8.36. The number of esters is 3. The van der Waals surface area contributed by atoms with E-state index >= 15 is 0 Å². The van der Waals surface area contributed by atoms with Gasteiger partial charge in [-0.05, 0) is 5.92 Å². The fourth-order valence-electron chi connectivity index (χ4n) is 3.75. The molecule has 5 atom stereocenters. The molecule has 0 amide bonds. The summed E-state index contributed by atoms with van der Waals surface area (Å²) in [5.74, 6) is -2.26. The van der Waals surface area contributed by atoms with Crippen LogP contribution in [-0.4, -0.2) is 78.1 Å². The van der Waals surface area contributed by atoms with Crippen molar-refractivity contribution in [1.82, 2.24) is 19.8 Å². The SMILES string of the molecule is COBN[C@H](C(=O)O[C@@H]1[C@@H](OC(C)=O)[C@@H](COC(C)=O)O[C@H]1n1c(=O)sc2cnc(N)nc21)C(C)C. The smallest absolute Gasteiger partial charge is 0.361 e. The molecule has 36 heavy (non-hydrogen) atoms. The summed E-state index contributed by atoms with van der Waals surface area (Å²) in [7, 11) is 1.55. The Bertz CT molecular complexity index is 1170. The van der Waals surface area contributed by atoms with Crippen LogP contribution in [-0.2, 0) is 38.0 Å². The highest BCUT2D eigenvalue weighted by Crippen LogP contribution is 2.36. The molecule has 1 fully saturated rings. The number of nitrogen functional groups attached to an aromatic ring is 1. The third-order valence-electron chi connectivity index (χ3n) is 5.29. The third kappa shape index (κ3) is 6.18. The Morgan fingerprint density at radius 2 is 1.97 bits per heavy atom. The molecule has 0 aliphatic carbocycles. The zero-order valence-electron chi connectivity index (χ0n) is 20.5. The highest BCUT2D eigenvalue weighted by molar-refractivity contribution is 7.16. The zero-order valence-corrected chi connectivity index (χ0v) is 21.3. The van der Waals surface area contributed by atoms with E-state index in [9.17, 15) is 19.2 Å². The summed E-state index contributed by atoms with van der Waals surface area (Å²) in [6, 6.07) is -0.787. The summed E-state index contributed by atoms with van der Waals surface area (Å²) in [6.45, 7) is 5.67. The monoisotopic (exact) mass is 525 g/mol. The minimum absolute atomic E-state index is 0.0792. The van der Waals surface area contributed by atoms with Gasteiger partial charge in [0.25, 0.3) is 0 Å². The maximum atomic E-state index is 13.2. The summed E-state index contributed by atoms with van der Waals surface area (Å²) in [4.78, 5) is 57.2. The van der Waals surface area contributed by atoms with Crippen LogP contribution in [0.4, 0.5) is 5.95 Å². The number of nitrogens with zero attached hydrogens (tertiary/aromatic N) is 3. The van der Waals surface area contributed by atoms with Gasteiger partial charge in [-0.2, -0.15) is 4.98 Å². The van der Waals surface area contributed by atoms with Crippen LogP contribution in [0, 0.1) is 5.92 Å². The van der Waals surface area contributed by atoms with E-state index in [0.717, 1.165) is 15.9 Å². The van der Waals surface area contributed by atoms with E-state index in [1.54, 1.807) is 13.8 Å². The Morgan fingerprint density at radius 3 is 2.58 bits per heavy atom. The summed E-state index contributed by atoms with van der Waals surface area (Å²) < 4.78 is 29.0. The largest absolute Gasteiger partial charge is 0.463 e. The van der Waals surface area contributed by atoms with Crippen molar-refractivity contribution in [2.24, 2.45) is 5.92 Å². The van der Waals surface area contributed by atoms with Gasteiger partial charge < -0.3 is 34.6 Å². The van der Waals surface area contributed by atoms with Crippen molar-refractivity contribution in [2.45, 2.75) is 58.3 Å². The first kappa shape index (κ1) is 27.5. The Kier molecular flexibility index (Phi) is 9.00. The Labute approximate surface area is 210 Å². The van der Waals surface area contributed by atoms with Crippen LogP contribution in [0.5, 0.6) is 0 Å². The number of rotatable bonds is 10. The first-order valence-electron chi connectivity index (χ1n) is 11.1. The molecule has 1 saturated heterocycles. The van der Waals surface area contributed by atoms with Crippen molar-refractivity contribution in [3.63, 3.8) is 0 Å². The lowest BCUT2D eigenvalue weighted by Gasteiger charge is -2.27. The van der Waals surface area contributed by atoms with E-state index in [1.165, 1.54) is 27.2 Å². The maximum absolute atomic E-state index is 13.2. The number of ether oxygens (including phenoxy) is 4. The van der Waals surface area contributed by atoms with Crippen LogP contribution in [0.25, 0.3) is 10.3 Å². The molecule has 14 nitrogen and oxygen atoms in total. The van der Waals surface area contributed by atoms with Crippen molar-refractivity contribution >= 4 is 53.2 Å². The molecule has 0 unspecified atom stereocenters. The van der Waals surface area contributed by atoms with Gasteiger partial charge in [-0.15, -0.1) is 0 Å². The fourth-order valence-corrected chi connectivity index (χ4v) is 4.57. The highest BCUT2D eigenvalue weighted by atomic mass is 32.1. The molecule has 2 aromatic heterocycles. The van der Waals surface area contributed by atoms with Gasteiger partial charge in [0.15, 0.2) is 24.1 Å². The van der Waals surface area contributed by atoms with Gasteiger partial charge in [-0.1, -0.05) is 25.2 Å². The summed E-state index contributed by atoms with van der Waals surface area (Å²) in [6.07, 6.45) is -3.43. The summed E-state index contributed by atoms with van der Waals surface area (Å²) >= 11 is 0.837. The average molecular weight is 525 g/mol. The third-order valence-corrected chi connectivity index (χ3v) is 6.17. The van der Waals surface area contributed by atoms with E-state index in [4.69, 9.17) is 29.3 Å². The molecule has 1 aliphatic rings. The molecule has 16 heteroatoms. The van der Waals surface area contributed by atoms with E-state index in [1.807, 2.05) is 0 Å². The number of anilines is 1. The zero-order chi connectivity index (χ0) is 26.6. The number of hydrogen-bond acceptors (Lipinski definition) is 14. The van der Waals surface area contributed by atoms with Crippen LogP contribution < -0.4 is 15.8 Å². The number of aromatic nitrogens is 3. The number of fused-ring (bicyclic) bond motifs is 1. The number of carbonyl (C=O) groups is 3. The van der Waals surface area contributed by atoms with Gasteiger partial charge in [-0.3, -0.25) is 23.7 Å². The second kappa shape index (κ2) is 11.8. The molecule has 3 heterocycles. The lowest BCUT2D eigenvalue weighted by molar-refractivity contribution is -0.170. The minimum Gasteiger partial charge on any atom is -0.463 e. The minimum atomic E-state index is -1.29. The van der Waals surface area contributed by atoms with Crippen LogP contribution in [0.1, 0.15) is 33.9 Å². The normalized spacial score (nSPS) is 22.4. The van der Waals surface area contributed by atoms with E-state index < -0.39 is 53.4 Å². The molecule has 196 valence electrons. The van der Waals surface area contributed by atoms with E-state index in [0.29, 0.717) is 4.70 Å². The molecule has 0 aromatic carbocycles. The molecular formula is C20H28BN5O9S. The number of nitrogens with two attached hydrogens (primary N) is 1. The topological polar surface area (TPSA) is 183 Å². The van der Waals surface area contributed by atoms with Gasteiger partial charge in [-0.25, -0.2) is 4.98 Å². The van der Waals surface area contributed by atoms with Gasteiger partial charge in [0.1, 0.15) is 18.8 Å².